The standard InChI is InChI=1S/C17H11ClN4O2/c18-10-1-3-11(4-2-10)20-15-12-5-7-19-9-14(12)22-8-6-13(17(23)24)16(22)21-15/h1-9H,(H,20,21)(H,23,24). The topological polar surface area (TPSA) is 79.5 Å². The molecule has 0 spiro atoms. The minimum absolute atomic E-state index is 0.139. The van der Waals surface area contributed by atoms with Gasteiger partial charge in [-0.1, -0.05) is 11.6 Å². The smallest absolute Gasteiger partial charge is 0.339 e. The lowest BCUT2D eigenvalue weighted by atomic mass is 10.2. The number of hydrogen-bond acceptors (Lipinski definition) is 4. The van der Waals surface area contributed by atoms with E-state index in [1.165, 1.54) is 6.07 Å². The third-order valence-corrected chi connectivity index (χ3v) is 3.98. The molecule has 0 atom stereocenters. The number of nitrogens with one attached hydrogen (secondary N) is 1. The van der Waals surface area contributed by atoms with E-state index in [9.17, 15) is 9.90 Å². The Balaban J connectivity index is 1.96. The van der Waals surface area contributed by atoms with Gasteiger partial charge in [0.25, 0.3) is 0 Å². The second kappa shape index (κ2) is 5.50. The fraction of sp³-hybridized carbons (Fsp3) is 0. The molecule has 0 radical (unpaired) electrons. The van der Waals surface area contributed by atoms with Gasteiger partial charge in [0.1, 0.15) is 11.4 Å². The van der Waals surface area contributed by atoms with Crippen molar-refractivity contribution in [3.8, 4) is 0 Å². The molecule has 4 rings (SSSR count). The van der Waals surface area contributed by atoms with Crippen LogP contribution in [0.4, 0.5) is 11.5 Å². The van der Waals surface area contributed by atoms with E-state index in [1.54, 1.807) is 35.1 Å². The van der Waals surface area contributed by atoms with Gasteiger partial charge >= 0.3 is 5.97 Å². The molecule has 0 saturated carbocycles. The zero-order valence-electron chi connectivity index (χ0n) is 12.3. The average molecular weight is 339 g/mol. The van der Waals surface area contributed by atoms with E-state index in [0.717, 1.165) is 16.6 Å². The molecule has 0 aliphatic rings. The van der Waals surface area contributed by atoms with Crippen LogP contribution in [0.15, 0.2) is 55.0 Å². The highest BCUT2D eigenvalue weighted by Gasteiger charge is 2.15. The number of aromatic carboxylic acids is 1. The van der Waals surface area contributed by atoms with Gasteiger partial charge in [0.05, 0.1) is 11.7 Å². The number of nitrogens with zero attached hydrogens (tertiary/aromatic N) is 3. The summed E-state index contributed by atoms with van der Waals surface area (Å²) in [6.07, 6.45) is 5.04. The third-order valence-electron chi connectivity index (χ3n) is 3.73. The molecule has 0 aliphatic heterocycles. The Morgan fingerprint density at radius 2 is 1.96 bits per heavy atom. The van der Waals surface area contributed by atoms with E-state index in [2.05, 4.69) is 15.3 Å². The first-order chi connectivity index (χ1) is 11.6. The van der Waals surface area contributed by atoms with Crippen LogP contribution in [-0.4, -0.2) is 25.4 Å². The Bertz CT molecular complexity index is 1070. The number of aromatic nitrogens is 3. The predicted molar refractivity (Wildman–Crippen MR) is 92.2 cm³/mol. The van der Waals surface area contributed by atoms with Gasteiger partial charge in [0.15, 0.2) is 5.65 Å². The maximum atomic E-state index is 11.4. The van der Waals surface area contributed by atoms with E-state index in [0.29, 0.717) is 16.5 Å². The fourth-order valence-corrected chi connectivity index (χ4v) is 2.74. The molecule has 6 nitrogen and oxygen atoms in total. The lowest BCUT2D eigenvalue weighted by Gasteiger charge is -2.11. The Labute approximate surface area is 141 Å². The summed E-state index contributed by atoms with van der Waals surface area (Å²) in [4.78, 5) is 20.1. The molecule has 0 unspecified atom stereocenters. The molecule has 118 valence electrons. The van der Waals surface area contributed by atoms with Crippen LogP contribution < -0.4 is 5.32 Å². The molecule has 7 heteroatoms. The van der Waals surface area contributed by atoms with Crippen LogP contribution in [0.2, 0.25) is 5.02 Å². The second-order valence-electron chi connectivity index (χ2n) is 5.21. The number of rotatable bonds is 3. The minimum Gasteiger partial charge on any atom is -0.478 e. The molecule has 1 aromatic carbocycles. The van der Waals surface area contributed by atoms with Crippen molar-refractivity contribution in [3.63, 3.8) is 0 Å². The van der Waals surface area contributed by atoms with Crippen molar-refractivity contribution in [2.75, 3.05) is 5.32 Å². The van der Waals surface area contributed by atoms with Crippen LogP contribution in [0.3, 0.4) is 0 Å². The number of benzene rings is 1. The molecular formula is C17H11ClN4O2. The summed E-state index contributed by atoms with van der Waals surface area (Å²) in [5.74, 6) is -0.464. The van der Waals surface area contributed by atoms with Crippen LogP contribution in [0.1, 0.15) is 10.4 Å². The number of carboxylic acids is 1. The van der Waals surface area contributed by atoms with E-state index in [4.69, 9.17) is 11.6 Å². The van der Waals surface area contributed by atoms with Gasteiger partial charge in [-0.15, -0.1) is 0 Å². The summed E-state index contributed by atoms with van der Waals surface area (Å²) in [5.41, 5.74) is 2.07. The number of pyridine rings is 1. The number of anilines is 2. The SMILES string of the molecule is O=C(O)c1ccn2c1nc(Nc1ccc(Cl)cc1)c1ccncc12. The Kier molecular flexibility index (Phi) is 3.32. The van der Waals surface area contributed by atoms with Crippen molar-refractivity contribution < 1.29 is 9.90 Å². The highest BCUT2D eigenvalue weighted by Crippen LogP contribution is 2.27. The van der Waals surface area contributed by atoms with E-state index in [1.807, 2.05) is 18.2 Å². The Morgan fingerprint density at radius 3 is 2.71 bits per heavy atom. The van der Waals surface area contributed by atoms with Crippen molar-refractivity contribution in [2.45, 2.75) is 0 Å². The van der Waals surface area contributed by atoms with Crippen molar-refractivity contribution in [3.05, 3.63) is 65.6 Å². The van der Waals surface area contributed by atoms with Gasteiger partial charge in [-0.2, -0.15) is 0 Å². The monoisotopic (exact) mass is 338 g/mol. The molecule has 2 N–H and O–H groups in total. The van der Waals surface area contributed by atoms with Crippen LogP contribution in [-0.2, 0) is 0 Å². The molecule has 3 heterocycles. The van der Waals surface area contributed by atoms with Crippen LogP contribution >= 0.6 is 11.6 Å². The summed E-state index contributed by atoms with van der Waals surface area (Å²) >= 11 is 5.91. The minimum atomic E-state index is -1.02. The molecule has 0 aliphatic carbocycles. The molecular weight excluding hydrogens is 328 g/mol. The first-order valence-electron chi connectivity index (χ1n) is 7.14. The molecule has 0 amide bonds. The van der Waals surface area contributed by atoms with Crippen molar-refractivity contribution in [1.29, 1.82) is 0 Å². The summed E-state index contributed by atoms with van der Waals surface area (Å²) in [5, 5.41) is 14.0. The first-order valence-corrected chi connectivity index (χ1v) is 7.52. The van der Waals surface area contributed by atoms with Gasteiger partial charge in [0.2, 0.25) is 0 Å². The van der Waals surface area contributed by atoms with Gasteiger partial charge in [-0.3, -0.25) is 9.38 Å². The number of halogens is 1. The Hall–Kier alpha value is -3.12. The van der Waals surface area contributed by atoms with E-state index in [-0.39, 0.29) is 5.56 Å². The van der Waals surface area contributed by atoms with Crippen molar-refractivity contribution in [1.82, 2.24) is 14.4 Å². The fourth-order valence-electron chi connectivity index (χ4n) is 2.61. The van der Waals surface area contributed by atoms with E-state index >= 15 is 0 Å². The largest absolute Gasteiger partial charge is 0.478 e. The number of fused-ring (bicyclic) bond motifs is 3. The third kappa shape index (κ3) is 2.33. The second-order valence-corrected chi connectivity index (χ2v) is 5.65. The first kappa shape index (κ1) is 14.5. The summed E-state index contributed by atoms with van der Waals surface area (Å²) < 4.78 is 1.72. The normalized spacial score (nSPS) is 11.0. The van der Waals surface area contributed by atoms with Crippen molar-refractivity contribution >= 4 is 45.6 Å². The predicted octanol–water partition coefficient (Wildman–Crippen LogP) is 3.98. The van der Waals surface area contributed by atoms with Crippen LogP contribution in [0.5, 0.6) is 0 Å². The van der Waals surface area contributed by atoms with Gasteiger partial charge < -0.3 is 10.4 Å². The maximum Gasteiger partial charge on any atom is 0.339 e. The van der Waals surface area contributed by atoms with Gasteiger partial charge in [-0.25, -0.2) is 9.78 Å². The molecule has 0 bridgehead atoms. The number of hydrogen-bond donors (Lipinski definition) is 2. The zero-order valence-corrected chi connectivity index (χ0v) is 13.0. The number of carbonyl (C=O) groups is 1. The maximum absolute atomic E-state index is 11.4. The van der Waals surface area contributed by atoms with Crippen LogP contribution in [0.25, 0.3) is 16.6 Å². The highest BCUT2D eigenvalue weighted by atomic mass is 35.5. The summed E-state index contributed by atoms with van der Waals surface area (Å²) in [6.45, 7) is 0. The lowest BCUT2D eigenvalue weighted by Crippen LogP contribution is -2.02. The van der Waals surface area contributed by atoms with Gasteiger partial charge in [0, 0.05) is 28.5 Å². The molecule has 24 heavy (non-hydrogen) atoms. The summed E-state index contributed by atoms with van der Waals surface area (Å²) in [6, 6.07) is 10.6. The van der Waals surface area contributed by atoms with Gasteiger partial charge in [-0.05, 0) is 36.4 Å². The lowest BCUT2D eigenvalue weighted by molar-refractivity contribution is 0.0699. The van der Waals surface area contributed by atoms with Crippen molar-refractivity contribution in [2.24, 2.45) is 0 Å². The molecule has 0 fully saturated rings. The van der Waals surface area contributed by atoms with Crippen LogP contribution in [0, 0.1) is 0 Å². The Morgan fingerprint density at radius 1 is 1.17 bits per heavy atom. The molecule has 0 saturated heterocycles. The quantitative estimate of drug-likeness (QED) is 0.590. The zero-order chi connectivity index (χ0) is 16.7. The van der Waals surface area contributed by atoms with E-state index < -0.39 is 5.97 Å². The molecule has 4 aromatic rings. The molecule has 3 aromatic heterocycles. The number of carboxylic acid groups (broad SMARTS) is 1. The highest BCUT2D eigenvalue weighted by molar-refractivity contribution is 6.30. The average Bonchev–Trinajstić information content (AvgIpc) is 3.01. The summed E-state index contributed by atoms with van der Waals surface area (Å²) in [7, 11) is 0.